The number of rotatable bonds is 5. The molecule has 12 heteroatoms. The van der Waals surface area contributed by atoms with E-state index in [4.69, 9.17) is 23.8 Å². The van der Waals surface area contributed by atoms with E-state index < -0.39 is 18.0 Å². The zero-order chi connectivity index (χ0) is 24.8. The predicted molar refractivity (Wildman–Crippen MR) is 109 cm³/mol. The zero-order valence-electron chi connectivity index (χ0n) is 18.1. The highest BCUT2D eigenvalue weighted by Gasteiger charge is 2.46. The number of ether oxygens (including phenoxy) is 2. The van der Waals surface area contributed by atoms with Crippen molar-refractivity contribution in [2.45, 2.75) is 37.5 Å². The lowest BCUT2D eigenvalue weighted by molar-refractivity contribution is -0.192. The fourth-order valence-corrected chi connectivity index (χ4v) is 4.16. The van der Waals surface area contributed by atoms with Gasteiger partial charge >= 0.3 is 12.1 Å². The molecule has 34 heavy (non-hydrogen) atoms. The van der Waals surface area contributed by atoms with Crippen LogP contribution in [-0.2, 0) is 9.53 Å². The van der Waals surface area contributed by atoms with Crippen LogP contribution < -0.4 is 4.74 Å². The highest BCUT2D eigenvalue weighted by atomic mass is 19.4. The number of furan rings is 1. The minimum atomic E-state index is -5.08. The van der Waals surface area contributed by atoms with Gasteiger partial charge < -0.3 is 23.9 Å². The maximum Gasteiger partial charge on any atom is 0.490 e. The first kappa shape index (κ1) is 25.5. The van der Waals surface area contributed by atoms with Crippen LogP contribution in [0, 0.1) is 11.7 Å². The number of carboxylic acids is 1. The van der Waals surface area contributed by atoms with Gasteiger partial charge in [-0.3, -0.25) is 4.79 Å². The van der Waals surface area contributed by atoms with Crippen LogP contribution >= 0.6 is 0 Å². The zero-order valence-corrected chi connectivity index (χ0v) is 18.1. The van der Waals surface area contributed by atoms with Crippen molar-refractivity contribution in [3.8, 4) is 5.88 Å². The van der Waals surface area contributed by atoms with Crippen molar-refractivity contribution in [1.29, 1.82) is 0 Å². The summed E-state index contributed by atoms with van der Waals surface area (Å²) in [5.41, 5.74) is -0.216. The number of halogens is 4. The van der Waals surface area contributed by atoms with E-state index in [1.165, 1.54) is 18.5 Å². The van der Waals surface area contributed by atoms with Gasteiger partial charge in [0.05, 0.1) is 18.5 Å². The first-order valence-electron chi connectivity index (χ1n) is 10.6. The number of amides is 1. The number of pyridine rings is 1. The van der Waals surface area contributed by atoms with E-state index in [0.29, 0.717) is 31.4 Å². The summed E-state index contributed by atoms with van der Waals surface area (Å²) < 4.78 is 62.2. The fourth-order valence-electron chi connectivity index (χ4n) is 4.16. The molecule has 1 atom stereocenters. The smallest absolute Gasteiger partial charge is 0.476 e. The quantitative estimate of drug-likeness (QED) is 0.637. The van der Waals surface area contributed by atoms with Gasteiger partial charge in [-0.05, 0) is 55.9 Å². The highest BCUT2D eigenvalue weighted by molar-refractivity contribution is 5.91. The van der Waals surface area contributed by atoms with E-state index in [2.05, 4.69) is 4.98 Å². The van der Waals surface area contributed by atoms with Crippen molar-refractivity contribution in [2.75, 3.05) is 26.3 Å². The molecule has 0 bridgehead atoms. The molecular formula is C22H24F4N2O6. The second kappa shape index (κ2) is 10.9. The molecular weight excluding hydrogens is 464 g/mol. The van der Waals surface area contributed by atoms with Gasteiger partial charge in [0.25, 0.3) is 5.91 Å². The highest BCUT2D eigenvalue weighted by Crippen LogP contribution is 2.42. The van der Waals surface area contributed by atoms with Crippen LogP contribution in [0.2, 0.25) is 0 Å². The Balaban J connectivity index is 0.000000406. The summed E-state index contributed by atoms with van der Waals surface area (Å²) in [4.78, 5) is 27.1. The molecule has 1 unspecified atom stereocenters. The van der Waals surface area contributed by atoms with Gasteiger partial charge in [0.1, 0.15) is 0 Å². The molecule has 1 amide bonds. The molecule has 4 rings (SSSR count). The molecule has 0 aliphatic carbocycles. The SMILES string of the molecule is O=C(O)C(F)(F)F.O=C(c1ccco1)N1CCC2(CC1)OCCC2CCOc1ncccc1F. The molecule has 2 aliphatic heterocycles. The standard InChI is InChI=1S/C20H23FN2O4.C2HF3O2/c21-16-3-1-9-22-18(16)26-13-5-15-6-14-27-20(15)7-10-23(11-8-20)19(24)17-4-2-12-25-17;3-2(4,5)1(6)7/h1-4,9,12,15H,5-8,10-11,13-14H2;(H,6,7). The van der Waals surface area contributed by atoms with Gasteiger partial charge in [0.15, 0.2) is 11.6 Å². The van der Waals surface area contributed by atoms with Gasteiger partial charge in [-0.2, -0.15) is 13.2 Å². The second-order valence-corrected chi connectivity index (χ2v) is 7.90. The van der Waals surface area contributed by atoms with Crippen molar-refractivity contribution in [3.05, 3.63) is 48.3 Å². The van der Waals surface area contributed by atoms with Crippen LogP contribution in [0.15, 0.2) is 41.1 Å². The third kappa shape index (κ3) is 6.25. The molecule has 2 aromatic rings. The number of carbonyl (C=O) groups is 2. The van der Waals surface area contributed by atoms with Crippen LogP contribution in [-0.4, -0.2) is 64.9 Å². The summed E-state index contributed by atoms with van der Waals surface area (Å²) in [5.74, 6) is -2.51. The van der Waals surface area contributed by atoms with E-state index in [9.17, 15) is 22.4 Å². The third-order valence-electron chi connectivity index (χ3n) is 5.90. The van der Waals surface area contributed by atoms with Gasteiger partial charge in [-0.15, -0.1) is 0 Å². The van der Waals surface area contributed by atoms with E-state index in [1.807, 2.05) is 4.90 Å². The van der Waals surface area contributed by atoms with Gasteiger partial charge in [0.2, 0.25) is 5.88 Å². The molecule has 2 aromatic heterocycles. The Morgan fingerprint density at radius 3 is 2.53 bits per heavy atom. The third-order valence-corrected chi connectivity index (χ3v) is 5.90. The minimum absolute atomic E-state index is 0.0457. The normalized spacial score (nSPS) is 19.4. The number of carboxylic acid groups (broad SMARTS) is 1. The number of aliphatic carboxylic acids is 1. The topological polar surface area (TPSA) is 102 Å². The predicted octanol–water partition coefficient (Wildman–Crippen LogP) is 3.93. The molecule has 8 nitrogen and oxygen atoms in total. The summed E-state index contributed by atoms with van der Waals surface area (Å²) in [6, 6.07) is 6.29. The Hall–Kier alpha value is -3.15. The van der Waals surface area contributed by atoms with Crippen molar-refractivity contribution >= 4 is 11.9 Å². The van der Waals surface area contributed by atoms with Gasteiger partial charge in [0, 0.05) is 25.9 Å². The summed E-state index contributed by atoms with van der Waals surface area (Å²) in [7, 11) is 0. The summed E-state index contributed by atoms with van der Waals surface area (Å²) >= 11 is 0. The average Bonchev–Trinajstić information content (AvgIpc) is 3.46. The van der Waals surface area contributed by atoms with Crippen LogP contribution in [0.1, 0.15) is 36.2 Å². The van der Waals surface area contributed by atoms with Crippen molar-refractivity contribution in [1.82, 2.24) is 9.88 Å². The summed E-state index contributed by atoms with van der Waals surface area (Å²) in [5, 5.41) is 7.12. The second-order valence-electron chi connectivity index (χ2n) is 7.90. The number of likely N-dealkylation sites (tertiary alicyclic amines) is 1. The lowest BCUT2D eigenvalue weighted by Crippen LogP contribution is -2.49. The Kier molecular flexibility index (Phi) is 8.13. The molecule has 2 saturated heterocycles. The molecule has 0 saturated carbocycles. The number of carbonyl (C=O) groups excluding carboxylic acids is 1. The first-order valence-corrected chi connectivity index (χ1v) is 10.6. The summed E-state index contributed by atoms with van der Waals surface area (Å²) in [6.07, 6.45) is 1.27. The molecule has 0 aromatic carbocycles. The molecule has 2 aliphatic rings. The number of nitrogens with zero attached hydrogens (tertiary/aromatic N) is 2. The van der Waals surface area contributed by atoms with E-state index in [1.54, 1.807) is 18.2 Å². The van der Waals surface area contributed by atoms with Crippen LogP contribution in [0.25, 0.3) is 0 Å². The van der Waals surface area contributed by atoms with E-state index >= 15 is 0 Å². The van der Waals surface area contributed by atoms with E-state index in [0.717, 1.165) is 32.3 Å². The monoisotopic (exact) mass is 488 g/mol. The molecule has 1 N–H and O–H groups in total. The summed E-state index contributed by atoms with van der Waals surface area (Å²) in [6.45, 7) is 2.41. The van der Waals surface area contributed by atoms with Crippen molar-refractivity contribution in [2.24, 2.45) is 5.92 Å². The fraction of sp³-hybridized carbons (Fsp3) is 0.500. The van der Waals surface area contributed by atoms with E-state index in [-0.39, 0.29) is 17.4 Å². The lowest BCUT2D eigenvalue weighted by Gasteiger charge is -2.42. The molecule has 186 valence electrons. The van der Waals surface area contributed by atoms with Crippen LogP contribution in [0.5, 0.6) is 5.88 Å². The van der Waals surface area contributed by atoms with Gasteiger partial charge in [-0.1, -0.05) is 0 Å². The number of aromatic nitrogens is 1. The maximum atomic E-state index is 13.6. The Morgan fingerprint density at radius 1 is 1.24 bits per heavy atom. The largest absolute Gasteiger partial charge is 0.490 e. The number of hydrogen-bond acceptors (Lipinski definition) is 6. The molecule has 4 heterocycles. The molecule has 0 radical (unpaired) electrons. The Labute approximate surface area is 192 Å². The number of alkyl halides is 3. The van der Waals surface area contributed by atoms with Crippen LogP contribution in [0.4, 0.5) is 17.6 Å². The first-order chi connectivity index (χ1) is 16.1. The van der Waals surface area contributed by atoms with Crippen LogP contribution in [0.3, 0.4) is 0 Å². The van der Waals surface area contributed by atoms with Crippen molar-refractivity contribution < 1.29 is 46.1 Å². The maximum absolute atomic E-state index is 13.6. The number of piperidine rings is 1. The molecule has 2 fully saturated rings. The lowest BCUT2D eigenvalue weighted by atomic mass is 9.78. The minimum Gasteiger partial charge on any atom is -0.476 e. The average molecular weight is 488 g/mol. The Bertz CT molecular complexity index is 959. The number of hydrogen-bond donors (Lipinski definition) is 1. The Morgan fingerprint density at radius 2 is 1.94 bits per heavy atom. The van der Waals surface area contributed by atoms with Gasteiger partial charge in [-0.25, -0.2) is 14.2 Å². The van der Waals surface area contributed by atoms with Crippen molar-refractivity contribution in [3.63, 3.8) is 0 Å². The molecule has 1 spiro atoms.